The summed E-state index contributed by atoms with van der Waals surface area (Å²) in [7, 11) is -3.06. The van der Waals surface area contributed by atoms with Crippen LogP contribution in [0.4, 0.5) is 14.5 Å². The maximum Gasteiger partial charge on any atom is 0.294 e. The molecule has 0 saturated heterocycles. The average molecular weight is 583 g/mol. The molecule has 0 aromatic heterocycles. The SMILES string of the molecule is COc1cc(C(C)(C)C2CN=C(CCc3c(F)cc(S(=O)(=O)O)cc3Cl)N2c2ccc(F)cc2)ccc1Cl. The molecule has 1 atom stereocenters. The van der Waals surface area contributed by atoms with E-state index in [1.54, 1.807) is 25.3 Å². The van der Waals surface area contributed by atoms with Crippen molar-refractivity contribution < 1.29 is 26.5 Å². The van der Waals surface area contributed by atoms with Gasteiger partial charge in [0.25, 0.3) is 10.1 Å². The molecule has 0 aliphatic carbocycles. The van der Waals surface area contributed by atoms with Crippen LogP contribution in [0.15, 0.2) is 64.5 Å². The van der Waals surface area contributed by atoms with Crippen molar-refractivity contribution in [2.45, 2.75) is 43.0 Å². The Bertz CT molecular complexity index is 1470. The molecule has 0 fully saturated rings. The van der Waals surface area contributed by atoms with Gasteiger partial charge in [0.15, 0.2) is 0 Å². The highest BCUT2D eigenvalue weighted by Crippen LogP contribution is 2.39. The van der Waals surface area contributed by atoms with Crippen molar-refractivity contribution in [1.82, 2.24) is 0 Å². The van der Waals surface area contributed by atoms with Crippen molar-refractivity contribution in [1.29, 1.82) is 0 Å². The van der Waals surface area contributed by atoms with Gasteiger partial charge in [-0.15, -0.1) is 0 Å². The minimum Gasteiger partial charge on any atom is -0.495 e. The molecule has 6 nitrogen and oxygen atoms in total. The maximum atomic E-state index is 14.8. The number of anilines is 1. The molecule has 1 N–H and O–H groups in total. The highest BCUT2D eigenvalue weighted by molar-refractivity contribution is 7.85. The zero-order valence-corrected chi connectivity index (χ0v) is 23.2. The van der Waals surface area contributed by atoms with Crippen molar-refractivity contribution in [2.24, 2.45) is 4.99 Å². The fourth-order valence-corrected chi connectivity index (χ4v) is 5.75. The lowest BCUT2D eigenvalue weighted by Crippen LogP contribution is -2.48. The van der Waals surface area contributed by atoms with Crippen molar-refractivity contribution in [3.63, 3.8) is 0 Å². The Morgan fingerprint density at radius 2 is 1.74 bits per heavy atom. The summed E-state index contributed by atoms with van der Waals surface area (Å²) in [5.74, 6) is -0.0345. The number of hydrogen-bond donors (Lipinski definition) is 1. The van der Waals surface area contributed by atoms with E-state index in [1.165, 1.54) is 12.1 Å². The monoisotopic (exact) mass is 582 g/mol. The second-order valence-electron chi connectivity index (χ2n) is 9.53. The number of nitrogens with zero attached hydrogens (tertiary/aromatic N) is 2. The van der Waals surface area contributed by atoms with Crippen molar-refractivity contribution >= 4 is 44.8 Å². The number of methoxy groups -OCH3 is 1. The van der Waals surface area contributed by atoms with Crippen molar-refractivity contribution in [3.05, 3.63) is 87.4 Å². The van der Waals surface area contributed by atoms with Crippen molar-refractivity contribution in [2.75, 3.05) is 18.6 Å². The summed E-state index contributed by atoms with van der Waals surface area (Å²) in [5.41, 5.74) is 1.31. The minimum absolute atomic E-state index is 0.103. The van der Waals surface area contributed by atoms with Crippen LogP contribution in [-0.4, -0.2) is 38.5 Å². The number of amidine groups is 1. The van der Waals surface area contributed by atoms with E-state index in [0.717, 1.165) is 23.4 Å². The molecule has 3 aromatic carbocycles. The van der Waals surface area contributed by atoms with E-state index < -0.39 is 26.2 Å². The van der Waals surface area contributed by atoms with Gasteiger partial charge < -0.3 is 9.64 Å². The first kappa shape index (κ1) is 28.3. The Morgan fingerprint density at radius 1 is 1.05 bits per heavy atom. The molecule has 38 heavy (non-hydrogen) atoms. The first-order chi connectivity index (χ1) is 17.8. The molecular weight excluding hydrogens is 557 g/mol. The lowest BCUT2D eigenvalue weighted by Gasteiger charge is -2.40. The van der Waals surface area contributed by atoms with E-state index in [-0.39, 0.29) is 35.3 Å². The summed E-state index contributed by atoms with van der Waals surface area (Å²) in [4.78, 5) is 6.17. The van der Waals surface area contributed by atoms with E-state index in [1.807, 2.05) is 17.0 Å². The van der Waals surface area contributed by atoms with Gasteiger partial charge in [-0.3, -0.25) is 9.55 Å². The van der Waals surface area contributed by atoms with Crippen LogP contribution in [0.5, 0.6) is 5.75 Å². The average Bonchev–Trinajstić information content (AvgIpc) is 3.28. The van der Waals surface area contributed by atoms with Crippen LogP contribution in [-0.2, 0) is 22.0 Å². The summed E-state index contributed by atoms with van der Waals surface area (Å²) < 4.78 is 66.0. The summed E-state index contributed by atoms with van der Waals surface area (Å²) >= 11 is 12.4. The number of hydrogen-bond acceptors (Lipinski definition) is 5. The molecule has 11 heteroatoms. The molecule has 3 aromatic rings. The largest absolute Gasteiger partial charge is 0.495 e. The number of ether oxygens (including phenoxy) is 1. The van der Waals surface area contributed by atoms with Gasteiger partial charge in [0.05, 0.1) is 29.6 Å². The Kier molecular flexibility index (Phi) is 8.04. The third-order valence-electron chi connectivity index (χ3n) is 6.88. The van der Waals surface area contributed by atoms with Crippen LogP contribution in [0, 0.1) is 11.6 Å². The predicted octanol–water partition coefficient (Wildman–Crippen LogP) is 6.72. The summed E-state index contributed by atoms with van der Waals surface area (Å²) in [6.45, 7) is 4.56. The van der Waals surface area contributed by atoms with Gasteiger partial charge in [-0.05, 0) is 60.5 Å². The van der Waals surface area contributed by atoms with Gasteiger partial charge >= 0.3 is 0 Å². The number of halogens is 4. The number of aliphatic imine (C=N–C) groups is 1. The van der Waals surface area contributed by atoms with E-state index in [2.05, 4.69) is 13.8 Å². The second kappa shape index (κ2) is 10.8. The normalized spacial score (nSPS) is 16.1. The third-order valence-corrected chi connectivity index (χ3v) is 8.36. The molecule has 4 rings (SSSR count). The smallest absolute Gasteiger partial charge is 0.294 e. The summed E-state index contributed by atoms with van der Waals surface area (Å²) in [5, 5.41) is 0.374. The fourth-order valence-electron chi connectivity index (χ4n) is 4.67. The molecule has 0 amide bonds. The standard InChI is InChI=1S/C27H26Cl2F2N2O4S/c1-27(2,16-4-10-21(28)24(12-16)37-3)25-15-32-26(33(25)18-7-5-17(30)6-8-18)11-9-20-22(29)13-19(14-23(20)31)38(34,35)36/h4-8,10,12-14,25H,9,11,15H2,1-3H3,(H,34,35,36). The Labute approximate surface area is 230 Å². The topological polar surface area (TPSA) is 79.2 Å². The molecule has 1 aliphatic heterocycles. The minimum atomic E-state index is -4.61. The first-order valence-corrected chi connectivity index (χ1v) is 13.9. The zero-order chi connectivity index (χ0) is 27.8. The van der Waals surface area contributed by atoms with E-state index in [4.69, 9.17) is 32.9 Å². The Hall–Kier alpha value is -2.72. The van der Waals surface area contributed by atoms with Gasteiger partial charge in [0.2, 0.25) is 0 Å². The lowest BCUT2D eigenvalue weighted by atomic mass is 9.77. The molecule has 1 unspecified atom stereocenters. The molecule has 1 aliphatic rings. The molecule has 1 heterocycles. The molecule has 0 spiro atoms. The molecule has 202 valence electrons. The van der Waals surface area contributed by atoms with E-state index in [0.29, 0.717) is 23.2 Å². The quantitative estimate of drug-likeness (QED) is 0.298. The third kappa shape index (κ3) is 5.66. The number of rotatable bonds is 8. The first-order valence-electron chi connectivity index (χ1n) is 11.7. The predicted molar refractivity (Wildman–Crippen MR) is 146 cm³/mol. The lowest BCUT2D eigenvalue weighted by molar-refractivity contribution is 0.403. The summed E-state index contributed by atoms with van der Waals surface area (Å²) in [6.07, 6.45) is 0.393. The fraction of sp³-hybridized carbons (Fsp3) is 0.296. The van der Waals surface area contributed by atoms with Crippen LogP contribution >= 0.6 is 23.2 Å². The zero-order valence-electron chi connectivity index (χ0n) is 20.9. The van der Waals surface area contributed by atoms with Crippen LogP contribution in [0.2, 0.25) is 10.0 Å². The van der Waals surface area contributed by atoms with Gasteiger partial charge in [0, 0.05) is 28.1 Å². The van der Waals surface area contributed by atoms with Crippen LogP contribution < -0.4 is 9.64 Å². The van der Waals surface area contributed by atoms with E-state index in [9.17, 15) is 21.8 Å². The second-order valence-corrected chi connectivity index (χ2v) is 11.8. The summed E-state index contributed by atoms with van der Waals surface area (Å²) in [6, 6.07) is 13.2. The van der Waals surface area contributed by atoms with Crippen LogP contribution in [0.3, 0.4) is 0 Å². The van der Waals surface area contributed by atoms with Gasteiger partial charge in [-0.1, -0.05) is 43.1 Å². The highest BCUT2D eigenvalue weighted by Gasteiger charge is 2.41. The molecule has 0 saturated carbocycles. The Balaban J connectivity index is 1.67. The van der Waals surface area contributed by atoms with Gasteiger partial charge in [-0.2, -0.15) is 8.42 Å². The molecule has 0 radical (unpaired) electrons. The highest BCUT2D eigenvalue weighted by atomic mass is 35.5. The van der Waals surface area contributed by atoms with Gasteiger partial charge in [0.1, 0.15) is 23.2 Å². The number of benzene rings is 3. The molecular formula is C27H26Cl2F2N2O4S. The maximum absolute atomic E-state index is 14.8. The van der Waals surface area contributed by atoms with Crippen LogP contribution in [0.25, 0.3) is 0 Å². The van der Waals surface area contributed by atoms with Gasteiger partial charge in [-0.25, -0.2) is 8.78 Å². The Morgan fingerprint density at radius 3 is 2.34 bits per heavy atom. The van der Waals surface area contributed by atoms with Crippen LogP contribution in [0.1, 0.15) is 31.4 Å². The van der Waals surface area contributed by atoms with Crippen molar-refractivity contribution in [3.8, 4) is 5.75 Å². The molecule has 0 bridgehead atoms. The van der Waals surface area contributed by atoms with E-state index >= 15 is 0 Å².